The highest BCUT2D eigenvalue weighted by Gasteiger charge is 2.03. The summed E-state index contributed by atoms with van der Waals surface area (Å²) in [5.41, 5.74) is 2.51. The van der Waals surface area contributed by atoms with Crippen molar-refractivity contribution in [3.05, 3.63) is 36.0 Å². The molecule has 0 saturated carbocycles. The number of hydrogen-bond acceptors (Lipinski definition) is 2. The zero-order chi connectivity index (χ0) is 14.9. The number of ether oxygens (including phenoxy) is 1. The van der Waals surface area contributed by atoms with Gasteiger partial charge >= 0.3 is 0 Å². The lowest BCUT2D eigenvalue weighted by molar-refractivity contribution is 0.152. The Labute approximate surface area is 148 Å². The van der Waals surface area contributed by atoms with Crippen LogP contribution in [-0.4, -0.2) is 44.3 Å². The van der Waals surface area contributed by atoms with Gasteiger partial charge in [-0.25, -0.2) is 0 Å². The largest absolute Gasteiger partial charge is 0.380 e. The summed E-state index contributed by atoms with van der Waals surface area (Å²) >= 11 is 0. The normalized spacial score (nSPS) is 11.3. The molecule has 1 aromatic carbocycles. The number of guanidine groups is 1. The molecule has 22 heavy (non-hydrogen) atoms. The molecule has 0 amide bonds. The van der Waals surface area contributed by atoms with Crippen LogP contribution < -0.4 is 10.6 Å². The van der Waals surface area contributed by atoms with Crippen LogP contribution in [0, 0.1) is 0 Å². The molecule has 0 aliphatic heterocycles. The number of rotatable bonds is 7. The number of halogens is 1. The van der Waals surface area contributed by atoms with Gasteiger partial charge in [0.2, 0.25) is 0 Å². The van der Waals surface area contributed by atoms with Gasteiger partial charge in [0.05, 0.1) is 6.61 Å². The number of aromatic nitrogens is 1. The molecule has 2 aromatic rings. The summed E-state index contributed by atoms with van der Waals surface area (Å²) in [6, 6.07) is 8.36. The highest BCUT2D eigenvalue weighted by molar-refractivity contribution is 14.0. The van der Waals surface area contributed by atoms with Gasteiger partial charge in [-0.2, -0.15) is 0 Å². The first-order valence-corrected chi connectivity index (χ1v) is 7.42. The van der Waals surface area contributed by atoms with Crippen molar-refractivity contribution in [1.82, 2.24) is 15.6 Å². The van der Waals surface area contributed by atoms with Gasteiger partial charge in [-0.1, -0.05) is 18.2 Å². The third kappa shape index (κ3) is 5.49. The van der Waals surface area contributed by atoms with Crippen molar-refractivity contribution in [1.29, 1.82) is 0 Å². The lowest BCUT2D eigenvalue weighted by atomic mass is 10.1. The maximum absolute atomic E-state index is 5.29. The topological polar surface area (TPSA) is 61.4 Å². The molecular formula is C16H25IN4O. The molecule has 122 valence electrons. The molecule has 1 heterocycles. The molecule has 0 atom stereocenters. The molecular weight excluding hydrogens is 391 g/mol. The van der Waals surface area contributed by atoms with Crippen LogP contribution in [0.3, 0.4) is 0 Å². The smallest absolute Gasteiger partial charge is 0.191 e. The minimum Gasteiger partial charge on any atom is -0.380 e. The highest BCUT2D eigenvalue weighted by atomic mass is 127. The molecule has 2 rings (SSSR count). The lowest BCUT2D eigenvalue weighted by Crippen LogP contribution is -2.39. The Morgan fingerprint density at radius 2 is 2.00 bits per heavy atom. The van der Waals surface area contributed by atoms with Crippen molar-refractivity contribution in [3.8, 4) is 0 Å². The third-order valence-corrected chi connectivity index (χ3v) is 3.33. The van der Waals surface area contributed by atoms with E-state index >= 15 is 0 Å². The van der Waals surface area contributed by atoms with Crippen LogP contribution >= 0.6 is 24.0 Å². The molecule has 0 aliphatic carbocycles. The number of aliphatic imine (C=N–C) groups is 1. The first-order valence-electron chi connectivity index (χ1n) is 7.42. The molecule has 0 fully saturated rings. The summed E-state index contributed by atoms with van der Waals surface area (Å²) in [7, 11) is 1.78. The number of nitrogens with one attached hydrogen (secondary N) is 3. The van der Waals surface area contributed by atoms with Gasteiger partial charge in [-0.05, 0) is 25.0 Å². The predicted octanol–water partition coefficient (Wildman–Crippen LogP) is 2.53. The zero-order valence-corrected chi connectivity index (χ0v) is 15.5. The van der Waals surface area contributed by atoms with E-state index in [9.17, 15) is 0 Å². The second-order valence-electron chi connectivity index (χ2n) is 4.73. The van der Waals surface area contributed by atoms with Crippen molar-refractivity contribution in [3.63, 3.8) is 0 Å². The fraction of sp³-hybridized carbons (Fsp3) is 0.438. The van der Waals surface area contributed by atoms with Gasteiger partial charge in [-0.3, -0.25) is 4.99 Å². The molecule has 3 N–H and O–H groups in total. The number of para-hydroxylation sites is 1. The van der Waals surface area contributed by atoms with Gasteiger partial charge in [0.1, 0.15) is 0 Å². The second kappa shape index (κ2) is 10.4. The van der Waals surface area contributed by atoms with E-state index in [4.69, 9.17) is 4.74 Å². The van der Waals surface area contributed by atoms with Gasteiger partial charge < -0.3 is 20.4 Å². The maximum Gasteiger partial charge on any atom is 0.191 e. The van der Waals surface area contributed by atoms with Crippen molar-refractivity contribution in [2.45, 2.75) is 13.3 Å². The number of fused-ring (bicyclic) bond motifs is 1. The van der Waals surface area contributed by atoms with E-state index in [1.807, 2.05) is 13.0 Å². The maximum atomic E-state index is 5.29. The van der Waals surface area contributed by atoms with Gasteiger partial charge in [-0.15, -0.1) is 24.0 Å². The second-order valence-corrected chi connectivity index (χ2v) is 4.73. The number of benzene rings is 1. The average molecular weight is 416 g/mol. The van der Waals surface area contributed by atoms with E-state index in [0.29, 0.717) is 6.61 Å². The standard InChI is InChI=1S/C16H24N4O.HI/c1-3-21-11-10-19-16(17-2)18-9-8-13-12-20-15-7-5-4-6-14(13)15;/h4-7,12,20H,3,8-11H2,1-2H3,(H2,17,18,19);1H. The van der Waals surface area contributed by atoms with E-state index in [1.165, 1.54) is 16.5 Å². The number of H-pyrrole nitrogens is 1. The van der Waals surface area contributed by atoms with Gasteiger partial charge in [0.25, 0.3) is 0 Å². The quantitative estimate of drug-likeness (QED) is 0.281. The van der Waals surface area contributed by atoms with Crippen LogP contribution in [-0.2, 0) is 11.2 Å². The van der Waals surface area contributed by atoms with E-state index in [1.54, 1.807) is 7.05 Å². The minimum absolute atomic E-state index is 0. The molecule has 0 radical (unpaired) electrons. The van der Waals surface area contributed by atoms with Crippen LogP contribution in [0.25, 0.3) is 10.9 Å². The molecule has 0 spiro atoms. The summed E-state index contributed by atoms with van der Waals surface area (Å²) < 4.78 is 5.29. The van der Waals surface area contributed by atoms with E-state index in [2.05, 4.69) is 45.0 Å². The third-order valence-electron chi connectivity index (χ3n) is 3.33. The SMILES string of the molecule is CCOCCNC(=NC)NCCc1c[nH]c2ccccc12.I. The molecule has 6 heteroatoms. The average Bonchev–Trinajstić information content (AvgIpc) is 2.93. The minimum atomic E-state index is 0. The van der Waals surface area contributed by atoms with Crippen molar-refractivity contribution in [2.75, 3.05) is 33.4 Å². The monoisotopic (exact) mass is 416 g/mol. The molecule has 5 nitrogen and oxygen atoms in total. The first-order chi connectivity index (χ1) is 10.3. The Kier molecular flexibility index (Phi) is 8.91. The Bertz CT molecular complexity index is 582. The van der Waals surface area contributed by atoms with Gasteiger partial charge in [0.15, 0.2) is 5.96 Å². The van der Waals surface area contributed by atoms with Crippen molar-refractivity contribution < 1.29 is 4.74 Å². The molecule has 0 aliphatic rings. The lowest BCUT2D eigenvalue weighted by Gasteiger charge is -2.11. The zero-order valence-electron chi connectivity index (χ0n) is 13.2. The summed E-state index contributed by atoms with van der Waals surface area (Å²) in [5.74, 6) is 0.814. The van der Waals surface area contributed by atoms with E-state index in [-0.39, 0.29) is 24.0 Å². The molecule has 0 saturated heterocycles. The number of nitrogens with zero attached hydrogens (tertiary/aromatic N) is 1. The van der Waals surface area contributed by atoms with Crippen LogP contribution in [0.15, 0.2) is 35.5 Å². The molecule has 1 aromatic heterocycles. The Balaban J connectivity index is 0.00000242. The summed E-state index contributed by atoms with van der Waals surface area (Å²) in [5, 5.41) is 7.84. The number of aromatic amines is 1. The van der Waals surface area contributed by atoms with Crippen LogP contribution in [0.2, 0.25) is 0 Å². The summed E-state index contributed by atoms with van der Waals surface area (Å²) in [6.07, 6.45) is 3.04. The molecule has 0 unspecified atom stereocenters. The predicted molar refractivity (Wildman–Crippen MR) is 103 cm³/mol. The van der Waals surface area contributed by atoms with Crippen molar-refractivity contribution in [2.24, 2.45) is 4.99 Å². The first kappa shape index (κ1) is 18.8. The van der Waals surface area contributed by atoms with Crippen molar-refractivity contribution >= 4 is 40.8 Å². The number of hydrogen-bond donors (Lipinski definition) is 3. The fourth-order valence-electron chi connectivity index (χ4n) is 2.26. The van der Waals surface area contributed by atoms with Crippen LogP contribution in [0.4, 0.5) is 0 Å². The summed E-state index contributed by atoms with van der Waals surface area (Å²) in [4.78, 5) is 7.50. The van der Waals surface area contributed by atoms with Crippen LogP contribution in [0.5, 0.6) is 0 Å². The Morgan fingerprint density at radius 1 is 1.23 bits per heavy atom. The summed E-state index contributed by atoms with van der Waals surface area (Å²) in [6.45, 7) is 5.04. The fourth-order valence-corrected chi connectivity index (χ4v) is 2.26. The Hall–Kier alpha value is -1.28. The van der Waals surface area contributed by atoms with E-state index < -0.39 is 0 Å². The highest BCUT2D eigenvalue weighted by Crippen LogP contribution is 2.17. The van der Waals surface area contributed by atoms with E-state index in [0.717, 1.165) is 32.1 Å². The van der Waals surface area contributed by atoms with Crippen LogP contribution in [0.1, 0.15) is 12.5 Å². The van der Waals surface area contributed by atoms with Gasteiger partial charge in [0, 0.05) is 43.8 Å². The molecule has 0 bridgehead atoms. The Morgan fingerprint density at radius 3 is 2.77 bits per heavy atom.